The Labute approximate surface area is 97.6 Å². The van der Waals surface area contributed by atoms with Crippen molar-refractivity contribution in [1.29, 1.82) is 0 Å². The molecule has 1 rings (SSSR count). The Morgan fingerprint density at radius 1 is 1.56 bits per heavy atom. The van der Waals surface area contributed by atoms with Gasteiger partial charge in [-0.2, -0.15) is 0 Å². The van der Waals surface area contributed by atoms with Crippen LogP contribution in [0.2, 0.25) is 0 Å². The van der Waals surface area contributed by atoms with E-state index >= 15 is 0 Å². The summed E-state index contributed by atoms with van der Waals surface area (Å²) in [4.78, 5) is 11.6. The van der Waals surface area contributed by atoms with E-state index in [-0.39, 0.29) is 12.6 Å². The standard InChI is InChI=1S/C9H17NO5S/c1-9(2,3)14-8(11)10-5-7(6-13-4)15-16(10)12/h7H,5-6H2,1-4H3. The Morgan fingerprint density at radius 2 is 2.19 bits per heavy atom. The lowest BCUT2D eigenvalue weighted by atomic mass is 10.2. The number of carbonyl (C=O) groups excluding carboxylic acids is 1. The van der Waals surface area contributed by atoms with Crippen LogP contribution >= 0.6 is 0 Å². The van der Waals surface area contributed by atoms with E-state index in [1.165, 1.54) is 7.11 Å². The predicted molar refractivity (Wildman–Crippen MR) is 57.8 cm³/mol. The maximum Gasteiger partial charge on any atom is 0.424 e. The van der Waals surface area contributed by atoms with E-state index in [4.69, 9.17) is 13.7 Å². The molecule has 94 valence electrons. The average Bonchev–Trinajstić information content (AvgIpc) is 2.44. The molecule has 0 radical (unpaired) electrons. The first-order valence-electron chi connectivity index (χ1n) is 4.92. The van der Waals surface area contributed by atoms with Crippen LogP contribution in [0.4, 0.5) is 4.79 Å². The number of ether oxygens (including phenoxy) is 2. The van der Waals surface area contributed by atoms with Gasteiger partial charge in [0.1, 0.15) is 11.7 Å². The molecule has 6 nitrogen and oxygen atoms in total. The van der Waals surface area contributed by atoms with Crippen LogP contribution < -0.4 is 0 Å². The summed E-state index contributed by atoms with van der Waals surface area (Å²) in [5.41, 5.74) is -0.610. The highest BCUT2D eigenvalue weighted by Crippen LogP contribution is 2.18. The highest BCUT2D eigenvalue weighted by atomic mass is 32.2. The van der Waals surface area contributed by atoms with E-state index in [1.54, 1.807) is 20.8 Å². The zero-order chi connectivity index (χ0) is 12.3. The van der Waals surface area contributed by atoms with Gasteiger partial charge in [0.05, 0.1) is 13.2 Å². The van der Waals surface area contributed by atoms with Crippen molar-refractivity contribution in [3.05, 3.63) is 0 Å². The highest BCUT2D eigenvalue weighted by molar-refractivity contribution is 7.78. The molecule has 2 unspecified atom stereocenters. The third-order valence-electron chi connectivity index (χ3n) is 1.72. The fourth-order valence-electron chi connectivity index (χ4n) is 1.16. The fraction of sp³-hybridized carbons (Fsp3) is 0.889. The Kier molecular flexibility index (Phi) is 4.28. The second kappa shape index (κ2) is 5.11. The minimum atomic E-state index is -1.78. The molecular weight excluding hydrogens is 234 g/mol. The summed E-state index contributed by atoms with van der Waals surface area (Å²) in [7, 11) is 1.52. The number of hydrogen-bond acceptors (Lipinski definition) is 5. The van der Waals surface area contributed by atoms with Gasteiger partial charge in [0.15, 0.2) is 0 Å². The van der Waals surface area contributed by atoms with Gasteiger partial charge in [0, 0.05) is 7.11 Å². The molecule has 0 spiro atoms. The molecule has 1 aliphatic rings. The molecule has 1 amide bonds. The van der Waals surface area contributed by atoms with Crippen molar-refractivity contribution >= 4 is 17.4 Å². The number of nitrogens with zero attached hydrogens (tertiary/aromatic N) is 1. The van der Waals surface area contributed by atoms with E-state index in [2.05, 4.69) is 0 Å². The summed E-state index contributed by atoms with van der Waals surface area (Å²) in [6.07, 6.45) is -0.997. The fourth-order valence-corrected chi connectivity index (χ4v) is 2.06. The second-order valence-corrected chi connectivity index (χ2v) is 5.50. The first kappa shape index (κ1) is 13.4. The maximum absolute atomic E-state index is 11.6. The number of rotatable bonds is 2. The van der Waals surface area contributed by atoms with Crippen LogP contribution in [0.15, 0.2) is 0 Å². The largest absolute Gasteiger partial charge is 0.443 e. The van der Waals surface area contributed by atoms with Crippen LogP contribution in [0, 0.1) is 0 Å². The van der Waals surface area contributed by atoms with E-state index in [9.17, 15) is 9.00 Å². The Morgan fingerprint density at radius 3 is 2.69 bits per heavy atom. The van der Waals surface area contributed by atoms with Gasteiger partial charge in [-0.05, 0) is 20.8 Å². The Hall–Kier alpha value is -0.660. The third kappa shape index (κ3) is 3.73. The smallest absolute Gasteiger partial charge is 0.424 e. The summed E-state index contributed by atoms with van der Waals surface area (Å²) in [5, 5.41) is 0. The Balaban J connectivity index is 2.55. The van der Waals surface area contributed by atoms with E-state index < -0.39 is 23.0 Å². The summed E-state index contributed by atoms with van der Waals surface area (Å²) in [6.45, 7) is 5.76. The molecule has 1 aliphatic heterocycles. The Bertz CT molecular complexity index is 288. The molecule has 0 aromatic carbocycles. The monoisotopic (exact) mass is 251 g/mol. The first-order valence-corrected chi connectivity index (χ1v) is 5.95. The molecule has 1 heterocycles. The van der Waals surface area contributed by atoms with Crippen LogP contribution in [0.3, 0.4) is 0 Å². The quantitative estimate of drug-likeness (QED) is 0.728. The van der Waals surface area contributed by atoms with Crippen LogP contribution in [-0.2, 0) is 24.9 Å². The molecule has 0 saturated carbocycles. The van der Waals surface area contributed by atoms with Gasteiger partial charge in [-0.25, -0.2) is 13.3 Å². The lowest BCUT2D eigenvalue weighted by Crippen LogP contribution is -2.36. The lowest BCUT2D eigenvalue weighted by molar-refractivity contribution is 0.0384. The molecule has 0 N–H and O–H groups in total. The second-order valence-electron chi connectivity index (χ2n) is 4.43. The van der Waals surface area contributed by atoms with Crippen LogP contribution in [0.1, 0.15) is 20.8 Å². The molecular formula is C9H17NO5S. The van der Waals surface area contributed by atoms with Gasteiger partial charge in [0.25, 0.3) is 11.3 Å². The molecule has 0 bridgehead atoms. The van der Waals surface area contributed by atoms with Gasteiger partial charge in [-0.3, -0.25) is 4.18 Å². The lowest BCUT2D eigenvalue weighted by Gasteiger charge is -2.22. The molecule has 7 heteroatoms. The zero-order valence-corrected chi connectivity index (χ0v) is 10.7. The predicted octanol–water partition coefficient (Wildman–Crippen LogP) is 0.847. The molecule has 16 heavy (non-hydrogen) atoms. The van der Waals surface area contributed by atoms with Crippen molar-refractivity contribution in [1.82, 2.24) is 4.31 Å². The summed E-state index contributed by atoms with van der Waals surface area (Å²) in [6, 6.07) is 0. The zero-order valence-electron chi connectivity index (χ0n) is 9.89. The van der Waals surface area contributed by atoms with Crippen molar-refractivity contribution in [2.45, 2.75) is 32.5 Å². The minimum Gasteiger partial charge on any atom is -0.443 e. The van der Waals surface area contributed by atoms with E-state index in [1.807, 2.05) is 0 Å². The van der Waals surface area contributed by atoms with Crippen molar-refractivity contribution < 1.29 is 22.7 Å². The van der Waals surface area contributed by atoms with Crippen molar-refractivity contribution in [3.63, 3.8) is 0 Å². The van der Waals surface area contributed by atoms with Crippen LogP contribution in [0.5, 0.6) is 0 Å². The summed E-state index contributed by atoms with van der Waals surface area (Å²) >= 11 is -1.78. The van der Waals surface area contributed by atoms with Crippen LogP contribution in [-0.4, -0.2) is 46.6 Å². The molecule has 0 aliphatic carbocycles. The van der Waals surface area contributed by atoms with Gasteiger partial charge in [-0.15, -0.1) is 0 Å². The third-order valence-corrected chi connectivity index (χ3v) is 2.81. The molecule has 1 saturated heterocycles. The van der Waals surface area contributed by atoms with Gasteiger partial charge in [0.2, 0.25) is 0 Å². The number of methoxy groups -OCH3 is 1. The SMILES string of the molecule is COCC1CN(C(=O)OC(C)(C)C)S(=O)O1. The average molecular weight is 251 g/mol. The molecule has 0 aromatic rings. The normalized spacial score (nSPS) is 25.9. The highest BCUT2D eigenvalue weighted by Gasteiger charge is 2.36. The summed E-state index contributed by atoms with van der Waals surface area (Å²) < 4.78 is 27.5. The molecule has 2 atom stereocenters. The van der Waals surface area contributed by atoms with Crippen molar-refractivity contribution in [3.8, 4) is 0 Å². The summed E-state index contributed by atoms with van der Waals surface area (Å²) in [5.74, 6) is 0. The van der Waals surface area contributed by atoms with Crippen molar-refractivity contribution in [2.75, 3.05) is 20.3 Å². The van der Waals surface area contributed by atoms with E-state index in [0.717, 1.165) is 4.31 Å². The van der Waals surface area contributed by atoms with Crippen LogP contribution in [0.25, 0.3) is 0 Å². The topological polar surface area (TPSA) is 65.1 Å². The molecule has 0 aromatic heterocycles. The van der Waals surface area contributed by atoms with Crippen molar-refractivity contribution in [2.24, 2.45) is 0 Å². The van der Waals surface area contributed by atoms with Gasteiger partial charge < -0.3 is 9.47 Å². The number of hydrogen-bond donors (Lipinski definition) is 0. The minimum absolute atomic E-state index is 0.218. The maximum atomic E-state index is 11.6. The number of amides is 1. The first-order chi connectivity index (χ1) is 7.33. The van der Waals surface area contributed by atoms with Gasteiger partial charge >= 0.3 is 6.09 Å². The number of carbonyl (C=O) groups is 1. The molecule has 1 fully saturated rings. The van der Waals surface area contributed by atoms with E-state index in [0.29, 0.717) is 6.61 Å². The van der Waals surface area contributed by atoms with Gasteiger partial charge in [-0.1, -0.05) is 0 Å².